The quantitative estimate of drug-likeness (QED) is 0.297. The number of aryl methyl sites for hydroxylation is 1. The number of halogens is 2. The molecule has 0 amide bonds. The number of benzene rings is 1. The largest absolute Gasteiger partial charge is 1.00 e. The molecule has 0 N–H and O–H groups in total. The first-order chi connectivity index (χ1) is 7.77. The van der Waals surface area contributed by atoms with Gasteiger partial charge >= 0.3 is 0 Å². The Morgan fingerprint density at radius 3 is 2.65 bits per heavy atom. The van der Waals surface area contributed by atoms with Crippen molar-refractivity contribution >= 4 is 32.2 Å². The van der Waals surface area contributed by atoms with E-state index in [1.54, 1.807) is 0 Å². The van der Waals surface area contributed by atoms with E-state index in [1.165, 1.54) is 21.9 Å². The summed E-state index contributed by atoms with van der Waals surface area (Å²) in [7, 11) is 0. The van der Waals surface area contributed by atoms with Crippen LogP contribution < -0.4 is 28.4 Å². The zero-order valence-corrected chi connectivity index (χ0v) is 13.1. The maximum atomic E-state index is 3.60. The molecule has 0 aliphatic carbocycles. The molecule has 1 aromatic carbocycles. The van der Waals surface area contributed by atoms with Crippen LogP contribution in [0.15, 0.2) is 53.3 Å². The zero-order chi connectivity index (χ0) is 11.1. The van der Waals surface area contributed by atoms with Crippen LogP contribution in [0.2, 0.25) is 0 Å². The summed E-state index contributed by atoms with van der Waals surface area (Å²) in [4.78, 5) is 0. The van der Waals surface area contributed by atoms with E-state index in [0.29, 0.717) is 0 Å². The monoisotopic (exact) mass is 399 g/mol. The van der Waals surface area contributed by atoms with Gasteiger partial charge in [-0.05, 0) is 40.4 Å². The minimum Gasteiger partial charge on any atom is -1.00 e. The molecule has 2 heterocycles. The Morgan fingerprint density at radius 1 is 1.00 bits per heavy atom. The minimum atomic E-state index is 0. The molecule has 1 nitrogen and oxygen atoms in total. The lowest BCUT2D eigenvalue weighted by atomic mass is 10.1. The van der Waals surface area contributed by atoms with Crippen molar-refractivity contribution in [1.82, 2.24) is 0 Å². The lowest BCUT2D eigenvalue weighted by molar-refractivity contribution is -0.510. The first kappa shape index (κ1) is 12.8. The van der Waals surface area contributed by atoms with Crippen LogP contribution >= 0.6 is 15.9 Å². The molecule has 17 heavy (non-hydrogen) atoms. The Balaban J connectivity index is 0.00000108. The summed E-state index contributed by atoms with van der Waals surface area (Å²) < 4.78 is 3.31. The third kappa shape index (κ3) is 2.06. The predicted octanol–water partition coefficient (Wildman–Crippen LogP) is 0.653. The third-order valence-corrected chi connectivity index (χ3v) is 3.69. The van der Waals surface area contributed by atoms with Crippen LogP contribution in [0.25, 0.3) is 16.3 Å². The maximum absolute atomic E-state index is 3.60. The van der Waals surface area contributed by atoms with Crippen molar-refractivity contribution in [2.45, 2.75) is 6.92 Å². The van der Waals surface area contributed by atoms with Crippen molar-refractivity contribution in [3.05, 3.63) is 58.8 Å². The molecular weight excluding hydrogens is 389 g/mol. The molecule has 2 aromatic heterocycles. The summed E-state index contributed by atoms with van der Waals surface area (Å²) in [5.74, 6) is 0. The minimum absolute atomic E-state index is 0. The number of hydrogen-bond acceptors (Lipinski definition) is 0. The standard InChI is InChI=1S/C14H11BrN.HI/c1-10-11-5-4-6-13(15)12(11)9-16-8-3-2-7-14(10)16;/h2-9H,1H3;1H/q+1;/p-1. The molecule has 0 aliphatic heterocycles. The van der Waals surface area contributed by atoms with Crippen LogP contribution in [0.5, 0.6) is 0 Å². The van der Waals surface area contributed by atoms with Crippen LogP contribution in [0, 0.1) is 6.92 Å². The fourth-order valence-electron chi connectivity index (χ4n) is 2.16. The van der Waals surface area contributed by atoms with Gasteiger partial charge in [0.2, 0.25) is 5.52 Å². The maximum Gasteiger partial charge on any atom is 0.214 e. The Labute approximate surface area is 126 Å². The predicted molar refractivity (Wildman–Crippen MR) is 69.5 cm³/mol. The number of aromatic nitrogens is 1. The lowest BCUT2D eigenvalue weighted by Crippen LogP contribution is -3.00. The van der Waals surface area contributed by atoms with Gasteiger partial charge in [-0.15, -0.1) is 0 Å². The lowest BCUT2D eigenvalue weighted by Gasteiger charge is -2.03. The SMILES string of the molecule is Cc1c2cccc(Br)c2c[n+]2ccccc12.[I-]. The highest BCUT2D eigenvalue weighted by atomic mass is 127. The summed E-state index contributed by atoms with van der Waals surface area (Å²) in [5.41, 5.74) is 2.58. The van der Waals surface area contributed by atoms with E-state index in [4.69, 9.17) is 0 Å². The molecule has 3 rings (SSSR count). The molecular formula is C14H11BrIN. The van der Waals surface area contributed by atoms with E-state index < -0.39 is 0 Å². The topological polar surface area (TPSA) is 4.10 Å². The molecule has 86 valence electrons. The number of nitrogens with zero attached hydrogens (tertiary/aromatic N) is 1. The molecule has 0 bridgehead atoms. The van der Waals surface area contributed by atoms with Gasteiger partial charge in [-0.3, -0.25) is 0 Å². The van der Waals surface area contributed by atoms with Gasteiger partial charge in [0.1, 0.15) is 0 Å². The molecule has 0 saturated heterocycles. The summed E-state index contributed by atoms with van der Waals surface area (Å²) >= 11 is 3.60. The van der Waals surface area contributed by atoms with Crippen molar-refractivity contribution in [1.29, 1.82) is 0 Å². The Kier molecular flexibility index (Phi) is 3.68. The molecule has 3 heteroatoms. The van der Waals surface area contributed by atoms with Crippen molar-refractivity contribution in [3.63, 3.8) is 0 Å². The van der Waals surface area contributed by atoms with Crippen LogP contribution in [0.3, 0.4) is 0 Å². The number of fused-ring (bicyclic) bond motifs is 2. The van der Waals surface area contributed by atoms with Crippen molar-refractivity contribution in [2.75, 3.05) is 0 Å². The normalized spacial score (nSPS) is 10.5. The summed E-state index contributed by atoms with van der Waals surface area (Å²) in [6, 6.07) is 12.6. The zero-order valence-electron chi connectivity index (χ0n) is 9.32. The van der Waals surface area contributed by atoms with Gasteiger partial charge in [-0.25, -0.2) is 0 Å². The fourth-order valence-corrected chi connectivity index (χ4v) is 2.63. The Hall–Kier alpha value is -0.680. The number of hydrogen-bond donors (Lipinski definition) is 0. The average molecular weight is 400 g/mol. The molecule has 0 saturated carbocycles. The van der Waals surface area contributed by atoms with Gasteiger partial charge in [0, 0.05) is 22.2 Å². The molecule has 0 fully saturated rings. The van der Waals surface area contributed by atoms with Crippen LogP contribution in [-0.4, -0.2) is 0 Å². The highest BCUT2D eigenvalue weighted by Gasteiger charge is 2.11. The highest BCUT2D eigenvalue weighted by Crippen LogP contribution is 2.26. The second kappa shape index (κ2) is 4.90. The van der Waals surface area contributed by atoms with Gasteiger partial charge < -0.3 is 24.0 Å². The first-order valence-corrected chi connectivity index (χ1v) is 6.04. The second-order valence-corrected chi connectivity index (χ2v) is 4.80. The number of pyridine rings is 2. The van der Waals surface area contributed by atoms with E-state index in [1.807, 2.05) is 0 Å². The smallest absolute Gasteiger partial charge is 0.214 e. The molecule has 0 spiro atoms. The molecule has 0 aliphatic rings. The number of rotatable bonds is 0. The van der Waals surface area contributed by atoms with E-state index >= 15 is 0 Å². The van der Waals surface area contributed by atoms with Gasteiger partial charge in [0.15, 0.2) is 12.4 Å². The van der Waals surface area contributed by atoms with Crippen LogP contribution in [0.1, 0.15) is 5.56 Å². The van der Waals surface area contributed by atoms with E-state index in [0.717, 1.165) is 4.47 Å². The fraction of sp³-hybridized carbons (Fsp3) is 0.0714. The van der Waals surface area contributed by atoms with Gasteiger partial charge in [-0.1, -0.05) is 12.1 Å². The van der Waals surface area contributed by atoms with Gasteiger partial charge in [-0.2, -0.15) is 4.40 Å². The molecule has 0 unspecified atom stereocenters. The summed E-state index contributed by atoms with van der Waals surface area (Å²) in [6.45, 7) is 2.17. The van der Waals surface area contributed by atoms with Gasteiger partial charge in [0.05, 0.1) is 5.39 Å². The van der Waals surface area contributed by atoms with E-state index in [9.17, 15) is 0 Å². The van der Waals surface area contributed by atoms with E-state index in [2.05, 4.69) is 76.0 Å². The first-order valence-electron chi connectivity index (χ1n) is 5.25. The van der Waals surface area contributed by atoms with Crippen molar-refractivity contribution in [3.8, 4) is 0 Å². The van der Waals surface area contributed by atoms with Crippen molar-refractivity contribution in [2.24, 2.45) is 0 Å². The average Bonchev–Trinajstić information content (AvgIpc) is 2.31. The van der Waals surface area contributed by atoms with Crippen LogP contribution in [0.4, 0.5) is 0 Å². The summed E-state index contributed by atoms with van der Waals surface area (Å²) in [6.07, 6.45) is 4.25. The van der Waals surface area contributed by atoms with E-state index in [-0.39, 0.29) is 24.0 Å². The highest BCUT2D eigenvalue weighted by molar-refractivity contribution is 9.10. The van der Waals surface area contributed by atoms with Crippen molar-refractivity contribution < 1.29 is 28.4 Å². The Bertz CT molecular complexity index is 694. The second-order valence-electron chi connectivity index (χ2n) is 3.95. The molecule has 0 radical (unpaired) electrons. The molecule has 3 aromatic rings. The van der Waals surface area contributed by atoms with Crippen LogP contribution in [-0.2, 0) is 0 Å². The molecule has 0 atom stereocenters. The van der Waals surface area contributed by atoms with Gasteiger partial charge in [0.25, 0.3) is 0 Å². The summed E-state index contributed by atoms with van der Waals surface area (Å²) in [5, 5.41) is 2.56. The third-order valence-electron chi connectivity index (χ3n) is 3.00. The Morgan fingerprint density at radius 2 is 1.82 bits per heavy atom.